The molecule has 4 atom stereocenters. The Kier molecular flexibility index (Phi) is 8.66. The van der Waals surface area contributed by atoms with Crippen LogP contribution >= 0.6 is 8.53 Å². The average molecular weight is 319 g/mol. The molecule has 0 aromatic carbocycles. The van der Waals surface area contributed by atoms with Crippen LogP contribution in [0.1, 0.15) is 67.7 Å². The summed E-state index contributed by atoms with van der Waals surface area (Å²) in [5, 5.41) is 0. The van der Waals surface area contributed by atoms with Gasteiger partial charge < -0.3 is 13.8 Å². The van der Waals surface area contributed by atoms with Crippen molar-refractivity contribution in [1.29, 1.82) is 0 Å². The van der Waals surface area contributed by atoms with E-state index < -0.39 is 8.53 Å². The Labute approximate surface area is 132 Å². The molecule has 21 heavy (non-hydrogen) atoms. The maximum absolute atomic E-state index is 6.42. The Bertz CT molecular complexity index is 281. The fraction of sp³-hybridized carbons (Fsp3) is 1.00. The highest BCUT2D eigenvalue weighted by molar-refractivity contribution is 7.44. The Morgan fingerprint density at radius 3 is 2.29 bits per heavy atom. The number of hydrogen-bond donors (Lipinski definition) is 0. The molecule has 5 heteroatoms. The summed E-state index contributed by atoms with van der Waals surface area (Å²) in [6.45, 7) is 16.0. The molecule has 0 spiro atoms. The van der Waals surface area contributed by atoms with Crippen LogP contribution in [0.25, 0.3) is 0 Å². The van der Waals surface area contributed by atoms with Crippen LogP contribution in [0.4, 0.5) is 0 Å². The summed E-state index contributed by atoms with van der Waals surface area (Å²) in [5.74, 6) is 0. The second-order valence-corrected chi connectivity index (χ2v) is 7.82. The van der Waals surface area contributed by atoms with Crippen LogP contribution in [-0.2, 0) is 13.8 Å². The van der Waals surface area contributed by atoms with E-state index in [1.54, 1.807) is 0 Å². The molecule has 1 saturated heterocycles. The van der Waals surface area contributed by atoms with E-state index in [0.717, 1.165) is 25.9 Å². The zero-order valence-electron chi connectivity index (χ0n) is 14.8. The van der Waals surface area contributed by atoms with Gasteiger partial charge in [-0.05, 0) is 47.5 Å². The monoisotopic (exact) mass is 319 g/mol. The van der Waals surface area contributed by atoms with E-state index in [1.165, 1.54) is 0 Å². The van der Waals surface area contributed by atoms with E-state index in [2.05, 4.69) is 53.1 Å². The molecule has 0 aromatic heterocycles. The molecule has 126 valence electrons. The Balaban J connectivity index is 2.76. The fourth-order valence-corrected chi connectivity index (χ4v) is 4.65. The van der Waals surface area contributed by atoms with E-state index in [4.69, 9.17) is 13.8 Å². The summed E-state index contributed by atoms with van der Waals surface area (Å²) >= 11 is 0. The maximum atomic E-state index is 6.42. The molecule has 1 aliphatic heterocycles. The molecule has 2 unspecified atom stereocenters. The summed E-state index contributed by atoms with van der Waals surface area (Å²) in [7, 11) is -1.02. The molecule has 0 radical (unpaired) electrons. The lowest BCUT2D eigenvalue weighted by molar-refractivity contribution is 0.0161. The lowest BCUT2D eigenvalue weighted by atomic mass is 10.1. The van der Waals surface area contributed by atoms with E-state index in [1.807, 2.05) is 0 Å². The van der Waals surface area contributed by atoms with E-state index in [9.17, 15) is 0 Å². The number of hydrogen-bond acceptors (Lipinski definition) is 4. The van der Waals surface area contributed by atoms with Crippen LogP contribution < -0.4 is 0 Å². The van der Waals surface area contributed by atoms with Crippen molar-refractivity contribution in [3.63, 3.8) is 0 Å². The highest BCUT2D eigenvalue weighted by atomic mass is 31.2. The molecular formula is C16H34NO3P. The molecular weight excluding hydrogens is 285 g/mol. The van der Waals surface area contributed by atoms with Crippen LogP contribution in [0.15, 0.2) is 0 Å². The standard InChI is InChI=1S/C16H34NO3P/c1-8-10-18-21(17(12(3)4)13(5)6)20-16-11-14(7)19-15(16)9-2/h12-16H,8-11H2,1-7H3/t14-,15+,16?,21?/m0/s1. The van der Waals surface area contributed by atoms with Crippen molar-refractivity contribution in [3.05, 3.63) is 0 Å². The zero-order chi connectivity index (χ0) is 16.0. The van der Waals surface area contributed by atoms with E-state index >= 15 is 0 Å². The lowest BCUT2D eigenvalue weighted by Crippen LogP contribution is -2.35. The van der Waals surface area contributed by atoms with Gasteiger partial charge in [0.05, 0.1) is 24.9 Å². The number of rotatable bonds is 9. The predicted octanol–water partition coefficient (Wildman–Crippen LogP) is 4.73. The first kappa shape index (κ1) is 19.3. The van der Waals surface area contributed by atoms with Gasteiger partial charge in [-0.2, -0.15) is 0 Å². The summed E-state index contributed by atoms with van der Waals surface area (Å²) in [6.07, 6.45) is 3.63. The van der Waals surface area contributed by atoms with E-state index in [0.29, 0.717) is 12.1 Å². The first-order chi connectivity index (χ1) is 9.90. The SMILES string of the molecule is CCCOP(OC1C[C@H](C)O[C@@H]1CC)N(C(C)C)C(C)C. The summed E-state index contributed by atoms with van der Waals surface area (Å²) in [5.41, 5.74) is 0. The average Bonchev–Trinajstić information content (AvgIpc) is 2.75. The maximum Gasteiger partial charge on any atom is 0.259 e. The molecule has 1 rings (SSSR count). The summed E-state index contributed by atoms with van der Waals surface area (Å²) in [6, 6.07) is 0.820. The Morgan fingerprint density at radius 1 is 1.19 bits per heavy atom. The second-order valence-electron chi connectivity index (χ2n) is 6.41. The van der Waals surface area contributed by atoms with E-state index in [-0.39, 0.29) is 18.3 Å². The molecule has 4 nitrogen and oxygen atoms in total. The minimum atomic E-state index is -1.02. The van der Waals surface area contributed by atoms with Gasteiger partial charge in [0.25, 0.3) is 8.53 Å². The van der Waals surface area contributed by atoms with Gasteiger partial charge in [-0.15, -0.1) is 0 Å². The third-order valence-electron chi connectivity index (χ3n) is 3.67. The quantitative estimate of drug-likeness (QED) is 0.575. The highest BCUT2D eigenvalue weighted by Gasteiger charge is 2.37. The zero-order valence-corrected chi connectivity index (χ0v) is 15.7. The van der Waals surface area contributed by atoms with Crippen molar-refractivity contribution in [3.8, 4) is 0 Å². The number of ether oxygens (including phenoxy) is 1. The number of nitrogens with zero attached hydrogens (tertiary/aromatic N) is 1. The normalized spacial score (nSPS) is 28.0. The fourth-order valence-electron chi connectivity index (χ4n) is 2.80. The lowest BCUT2D eigenvalue weighted by Gasteiger charge is -2.37. The van der Waals surface area contributed by atoms with Gasteiger partial charge in [-0.1, -0.05) is 13.8 Å². The molecule has 1 fully saturated rings. The van der Waals surface area contributed by atoms with Gasteiger partial charge in [0.1, 0.15) is 0 Å². The first-order valence-corrected chi connectivity index (χ1v) is 9.57. The van der Waals surface area contributed by atoms with Crippen LogP contribution in [0.3, 0.4) is 0 Å². The molecule has 0 saturated carbocycles. The predicted molar refractivity (Wildman–Crippen MR) is 89.4 cm³/mol. The topological polar surface area (TPSA) is 30.9 Å². The third-order valence-corrected chi connectivity index (χ3v) is 5.82. The minimum absolute atomic E-state index is 0.160. The molecule has 1 heterocycles. The van der Waals surface area contributed by atoms with Crippen molar-refractivity contribution in [2.45, 2.75) is 98.1 Å². The Morgan fingerprint density at radius 2 is 1.81 bits per heavy atom. The summed E-state index contributed by atoms with van der Waals surface area (Å²) < 4.78 is 20.8. The molecule has 0 N–H and O–H groups in total. The molecule has 0 bridgehead atoms. The van der Waals surface area contributed by atoms with Gasteiger partial charge in [0.15, 0.2) is 0 Å². The van der Waals surface area contributed by atoms with Gasteiger partial charge in [-0.25, -0.2) is 4.67 Å². The van der Waals surface area contributed by atoms with Crippen molar-refractivity contribution >= 4 is 8.53 Å². The molecule has 1 aliphatic rings. The molecule has 0 aliphatic carbocycles. The highest BCUT2D eigenvalue weighted by Crippen LogP contribution is 2.49. The van der Waals surface area contributed by atoms with Crippen molar-refractivity contribution in [2.75, 3.05) is 6.61 Å². The second kappa shape index (κ2) is 9.42. The summed E-state index contributed by atoms with van der Waals surface area (Å²) in [4.78, 5) is 0. The van der Waals surface area contributed by atoms with Gasteiger partial charge in [-0.3, -0.25) is 0 Å². The van der Waals surface area contributed by atoms with Gasteiger partial charge in [0, 0.05) is 18.5 Å². The van der Waals surface area contributed by atoms with Gasteiger partial charge >= 0.3 is 0 Å². The van der Waals surface area contributed by atoms with Crippen LogP contribution in [-0.4, -0.2) is 41.7 Å². The van der Waals surface area contributed by atoms with Crippen LogP contribution in [0.2, 0.25) is 0 Å². The first-order valence-electron chi connectivity index (χ1n) is 8.44. The largest absolute Gasteiger partial charge is 0.372 e. The van der Waals surface area contributed by atoms with Crippen LogP contribution in [0, 0.1) is 0 Å². The third kappa shape index (κ3) is 5.76. The van der Waals surface area contributed by atoms with Crippen molar-refractivity contribution in [2.24, 2.45) is 0 Å². The van der Waals surface area contributed by atoms with Gasteiger partial charge in [0.2, 0.25) is 0 Å². The van der Waals surface area contributed by atoms with Crippen molar-refractivity contribution < 1.29 is 13.8 Å². The Hall–Kier alpha value is 0.270. The van der Waals surface area contributed by atoms with Crippen molar-refractivity contribution in [1.82, 2.24) is 4.67 Å². The smallest absolute Gasteiger partial charge is 0.259 e. The van der Waals surface area contributed by atoms with Crippen LogP contribution in [0.5, 0.6) is 0 Å². The molecule has 0 amide bonds. The molecule has 0 aromatic rings. The minimum Gasteiger partial charge on any atom is -0.372 e.